The Kier molecular flexibility index (Phi) is 7.09. The molecule has 146 valence electrons. The second kappa shape index (κ2) is 9.52. The van der Waals surface area contributed by atoms with Crippen molar-refractivity contribution in [1.82, 2.24) is 20.0 Å². The fraction of sp³-hybridized carbons (Fsp3) is 0.526. The van der Waals surface area contributed by atoms with Gasteiger partial charge in [0.15, 0.2) is 4.34 Å². The summed E-state index contributed by atoms with van der Waals surface area (Å²) in [7, 11) is 0. The number of aromatic nitrogens is 2. The normalized spacial score (nSPS) is 16.5. The topological polar surface area (TPSA) is 58.6 Å². The molecule has 1 fully saturated rings. The van der Waals surface area contributed by atoms with Gasteiger partial charge in [0.2, 0.25) is 5.91 Å². The van der Waals surface area contributed by atoms with E-state index in [2.05, 4.69) is 39.4 Å². The van der Waals surface area contributed by atoms with Crippen LogP contribution in [0.25, 0.3) is 0 Å². The van der Waals surface area contributed by atoms with Crippen LogP contribution in [0.4, 0.5) is 0 Å². The molecule has 0 aliphatic carbocycles. The molecule has 1 aliphatic heterocycles. The van der Waals surface area contributed by atoms with E-state index in [4.69, 9.17) is 4.74 Å². The third-order valence-corrected chi connectivity index (χ3v) is 6.27. The van der Waals surface area contributed by atoms with E-state index >= 15 is 0 Å². The summed E-state index contributed by atoms with van der Waals surface area (Å²) in [5.41, 5.74) is 1.32. The zero-order valence-corrected chi connectivity index (χ0v) is 17.6. The Balaban J connectivity index is 1.46. The molecular weight excluding hydrogens is 380 g/mol. The second-order valence-electron chi connectivity index (χ2n) is 6.85. The summed E-state index contributed by atoms with van der Waals surface area (Å²) in [5, 5.41) is 8.53. The number of carbonyl (C=O) groups is 1. The third-order valence-electron chi connectivity index (χ3n) is 4.28. The van der Waals surface area contributed by atoms with Gasteiger partial charge in [0, 0.05) is 32.7 Å². The van der Waals surface area contributed by atoms with E-state index in [0.29, 0.717) is 5.19 Å². The highest BCUT2D eigenvalue weighted by Crippen LogP contribution is 2.31. The van der Waals surface area contributed by atoms with Gasteiger partial charge in [0.05, 0.1) is 11.4 Å². The largest absolute Gasteiger partial charge is 0.466 e. The van der Waals surface area contributed by atoms with Crippen molar-refractivity contribution in [2.24, 2.45) is 0 Å². The summed E-state index contributed by atoms with van der Waals surface area (Å²) < 4.78 is 6.32. The second-order valence-corrected chi connectivity index (χ2v) is 9.38. The first-order valence-corrected chi connectivity index (χ1v) is 10.9. The number of carbonyl (C=O) groups excluding carboxylic acids is 1. The quantitative estimate of drug-likeness (QED) is 0.659. The van der Waals surface area contributed by atoms with Crippen LogP contribution in [-0.2, 0) is 11.3 Å². The van der Waals surface area contributed by atoms with Gasteiger partial charge >= 0.3 is 0 Å². The molecule has 2 aromatic rings. The average molecular weight is 407 g/mol. The van der Waals surface area contributed by atoms with Crippen molar-refractivity contribution in [3.05, 3.63) is 35.9 Å². The molecule has 1 atom stereocenters. The molecule has 1 saturated heterocycles. The number of thioether (sulfide) groups is 1. The molecule has 0 N–H and O–H groups in total. The van der Waals surface area contributed by atoms with Crippen LogP contribution in [-0.4, -0.2) is 63.4 Å². The molecule has 1 aromatic heterocycles. The average Bonchev–Trinajstić information content (AvgIpc) is 3.08. The van der Waals surface area contributed by atoms with Crippen LogP contribution in [0.3, 0.4) is 0 Å². The highest BCUT2D eigenvalue weighted by molar-refractivity contribution is 8.02. The number of hydrogen-bond acceptors (Lipinski definition) is 7. The number of rotatable bonds is 7. The van der Waals surface area contributed by atoms with Crippen molar-refractivity contribution >= 4 is 29.0 Å². The first kappa shape index (κ1) is 20.1. The Labute approximate surface area is 168 Å². The predicted molar refractivity (Wildman–Crippen MR) is 109 cm³/mol. The van der Waals surface area contributed by atoms with Gasteiger partial charge in [-0.25, -0.2) is 0 Å². The molecule has 0 radical (unpaired) electrons. The first-order chi connectivity index (χ1) is 13.0. The molecule has 3 rings (SSSR count). The predicted octanol–water partition coefficient (Wildman–Crippen LogP) is 3.15. The van der Waals surface area contributed by atoms with Crippen LogP contribution < -0.4 is 4.74 Å². The molecule has 1 unspecified atom stereocenters. The van der Waals surface area contributed by atoms with Gasteiger partial charge in [0.1, 0.15) is 0 Å². The first-order valence-electron chi connectivity index (χ1n) is 9.23. The summed E-state index contributed by atoms with van der Waals surface area (Å²) in [6.45, 7) is 10.1. The number of benzene rings is 1. The van der Waals surface area contributed by atoms with Gasteiger partial charge in [-0.05, 0) is 37.7 Å². The molecule has 2 heterocycles. The molecule has 27 heavy (non-hydrogen) atoms. The molecule has 0 spiro atoms. The lowest BCUT2D eigenvalue weighted by Crippen LogP contribution is -2.50. The Morgan fingerprint density at radius 2 is 1.85 bits per heavy atom. The van der Waals surface area contributed by atoms with Crippen molar-refractivity contribution in [1.29, 1.82) is 0 Å². The highest BCUT2D eigenvalue weighted by Gasteiger charge is 2.26. The molecular formula is C19H26N4O2S2. The molecule has 0 bridgehead atoms. The molecule has 0 saturated carbocycles. The van der Waals surface area contributed by atoms with E-state index < -0.39 is 0 Å². The van der Waals surface area contributed by atoms with Crippen LogP contribution in [0.5, 0.6) is 5.19 Å². The Morgan fingerprint density at radius 3 is 2.52 bits per heavy atom. The van der Waals surface area contributed by atoms with E-state index in [9.17, 15) is 4.79 Å². The lowest BCUT2D eigenvalue weighted by molar-refractivity contribution is -0.132. The van der Waals surface area contributed by atoms with Crippen LogP contribution in [0.1, 0.15) is 26.3 Å². The van der Waals surface area contributed by atoms with E-state index in [0.717, 1.165) is 37.1 Å². The van der Waals surface area contributed by atoms with Gasteiger partial charge in [-0.1, -0.05) is 47.2 Å². The fourth-order valence-electron chi connectivity index (χ4n) is 2.92. The minimum Gasteiger partial charge on any atom is -0.466 e. The summed E-state index contributed by atoms with van der Waals surface area (Å²) in [4.78, 5) is 17.1. The summed E-state index contributed by atoms with van der Waals surface area (Å²) in [6, 6.07) is 10.5. The lowest BCUT2D eigenvalue weighted by atomic mass is 10.2. The van der Waals surface area contributed by atoms with Gasteiger partial charge in [-0.2, -0.15) is 0 Å². The zero-order chi connectivity index (χ0) is 19.2. The van der Waals surface area contributed by atoms with Crippen LogP contribution in [0.15, 0.2) is 34.7 Å². The van der Waals surface area contributed by atoms with Crippen molar-refractivity contribution < 1.29 is 9.53 Å². The van der Waals surface area contributed by atoms with Crippen molar-refractivity contribution in [2.75, 3.05) is 26.2 Å². The number of nitrogens with zero attached hydrogens (tertiary/aromatic N) is 4. The Hall–Kier alpha value is -1.64. The molecule has 1 amide bonds. The molecule has 8 heteroatoms. The standard InChI is InChI=1S/C19H26N4O2S2/c1-14(2)25-18-20-21-19(27-18)26-15(3)17(24)23-11-9-22(10-12-23)13-16-7-5-4-6-8-16/h4-8,14-15H,9-13H2,1-3H3. The van der Waals surface area contributed by atoms with E-state index in [1.54, 1.807) is 0 Å². The van der Waals surface area contributed by atoms with Crippen LogP contribution in [0, 0.1) is 0 Å². The maximum atomic E-state index is 12.8. The highest BCUT2D eigenvalue weighted by atomic mass is 32.2. The van der Waals surface area contributed by atoms with Gasteiger partial charge in [-0.3, -0.25) is 9.69 Å². The summed E-state index contributed by atoms with van der Waals surface area (Å²) >= 11 is 2.85. The minimum absolute atomic E-state index is 0.0713. The number of hydrogen-bond donors (Lipinski definition) is 0. The molecule has 1 aliphatic rings. The van der Waals surface area contributed by atoms with E-state index in [1.165, 1.54) is 28.7 Å². The summed E-state index contributed by atoms with van der Waals surface area (Å²) in [6.07, 6.45) is 0.0713. The maximum absolute atomic E-state index is 12.8. The van der Waals surface area contributed by atoms with Crippen molar-refractivity contribution in [3.63, 3.8) is 0 Å². The van der Waals surface area contributed by atoms with Crippen LogP contribution in [0.2, 0.25) is 0 Å². The Bertz CT molecular complexity index is 730. The lowest BCUT2D eigenvalue weighted by Gasteiger charge is -2.35. The molecule has 6 nitrogen and oxygen atoms in total. The fourth-order valence-corrected chi connectivity index (χ4v) is 4.95. The monoisotopic (exact) mass is 406 g/mol. The number of piperazine rings is 1. The van der Waals surface area contributed by atoms with Gasteiger partial charge < -0.3 is 9.64 Å². The number of amides is 1. The summed E-state index contributed by atoms with van der Waals surface area (Å²) in [5.74, 6) is 0.167. The van der Waals surface area contributed by atoms with E-state index in [1.807, 2.05) is 31.7 Å². The van der Waals surface area contributed by atoms with Gasteiger partial charge in [-0.15, -0.1) is 5.10 Å². The Morgan fingerprint density at radius 1 is 1.15 bits per heavy atom. The van der Waals surface area contributed by atoms with E-state index in [-0.39, 0.29) is 17.3 Å². The van der Waals surface area contributed by atoms with Crippen LogP contribution >= 0.6 is 23.1 Å². The van der Waals surface area contributed by atoms with Crippen molar-refractivity contribution in [2.45, 2.75) is 43.0 Å². The zero-order valence-electron chi connectivity index (χ0n) is 16.0. The smallest absolute Gasteiger partial charge is 0.295 e. The maximum Gasteiger partial charge on any atom is 0.295 e. The van der Waals surface area contributed by atoms with Crippen molar-refractivity contribution in [3.8, 4) is 5.19 Å². The third kappa shape index (κ3) is 5.92. The minimum atomic E-state index is -0.175. The molecule has 1 aromatic carbocycles. The SMILES string of the molecule is CC(C)Oc1nnc(SC(C)C(=O)N2CCN(Cc3ccccc3)CC2)s1. The van der Waals surface area contributed by atoms with Gasteiger partial charge in [0.25, 0.3) is 5.19 Å². The number of ether oxygens (including phenoxy) is 1.